The average Bonchev–Trinajstić information content (AvgIpc) is 3.28. The van der Waals surface area contributed by atoms with E-state index in [0.717, 1.165) is 12.8 Å². The maximum absolute atomic E-state index is 3.58. The van der Waals surface area contributed by atoms with Crippen LogP contribution in [-0.4, -0.2) is 16.1 Å². The van der Waals surface area contributed by atoms with Crippen molar-refractivity contribution in [2.24, 2.45) is 0 Å². The predicted octanol–water partition coefficient (Wildman–Crippen LogP) is 1.74. The second-order valence-electron chi connectivity index (χ2n) is 8.87. The molecule has 2 heterocycles. The average molecular weight is 502 g/mol. The van der Waals surface area contributed by atoms with Crippen LogP contribution in [0.25, 0.3) is 0 Å². The zero-order chi connectivity index (χ0) is 18.3. The molecule has 2 aliphatic heterocycles. The summed E-state index contributed by atoms with van der Waals surface area (Å²) in [6, 6.07) is 9.30. The van der Waals surface area contributed by atoms with Crippen molar-refractivity contribution in [1.29, 1.82) is 0 Å². The van der Waals surface area contributed by atoms with Crippen molar-refractivity contribution >= 4 is 16.1 Å². The number of rotatable bonds is 8. The molecule has 4 rings (SSSR count). The van der Waals surface area contributed by atoms with Crippen LogP contribution in [-0.2, 0) is 21.7 Å². The molecular formula is C24H38Cl2Si2Ti. The van der Waals surface area contributed by atoms with Crippen LogP contribution >= 0.6 is 0 Å². The molecule has 0 radical (unpaired) electrons. The Morgan fingerprint density at radius 1 is 0.724 bits per heavy atom. The Morgan fingerprint density at radius 2 is 1.10 bits per heavy atom. The van der Waals surface area contributed by atoms with Crippen LogP contribution in [0.1, 0.15) is 65.2 Å². The Kier molecular flexibility index (Phi) is 15.0. The van der Waals surface area contributed by atoms with Gasteiger partial charge in [0, 0.05) is 16.1 Å². The molecule has 2 fully saturated rings. The fraction of sp³-hybridized carbons (Fsp3) is 0.667. The van der Waals surface area contributed by atoms with Gasteiger partial charge < -0.3 is 24.8 Å². The fourth-order valence-electron chi connectivity index (χ4n) is 5.08. The molecule has 0 aromatic heterocycles. The fourth-order valence-corrected chi connectivity index (χ4v) is 14.1. The molecule has 0 N–H and O–H groups in total. The molecule has 0 unspecified atom stereocenters. The van der Waals surface area contributed by atoms with E-state index in [1.165, 1.54) is 50.6 Å². The topological polar surface area (TPSA) is 0 Å². The Morgan fingerprint density at radius 3 is 1.31 bits per heavy atom. The zero-order valence-corrected chi connectivity index (χ0v) is 23.5. The maximum atomic E-state index is 3.58. The minimum Gasteiger partial charge on any atom is -1.00 e. The van der Waals surface area contributed by atoms with E-state index in [1.54, 1.807) is 34.6 Å². The molecule has 5 heteroatoms. The Balaban J connectivity index is 0.000000490. The molecule has 4 aliphatic rings. The monoisotopic (exact) mass is 500 g/mol. The van der Waals surface area contributed by atoms with Crippen molar-refractivity contribution in [3.63, 3.8) is 0 Å². The summed E-state index contributed by atoms with van der Waals surface area (Å²) >= 11 is 0. The minimum atomic E-state index is -0.912. The number of halogens is 2. The second-order valence-corrected chi connectivity index (χ2v) is 18.1. The van der Waals surface area contributed by atoms with E-state index in [1.807, 2.05) is 0 Å². The first-order valence-electron chi connectivity index (χ1n) is 11.3. The van der Waals surface area contributed by atoms with Gasteiger partial charge in [0.15, 0.2) is 0 Å². The first-order chi connectivity index (χ1) is 12.7. The van der Waals surface area contributed by atoms with Crippen molar-refractivity contribution in [3.05, 3.63) is 46.8 Å². The maximum Gasteiger partial charge on any atom is 4.00 e. The van der Waals surface area contributed by atoms with Gasteiger partial charge in [0.25, 0.3) is 0 Å². The Hall–Kier alpha value is 0.688. The molecule has 160 valence electrons. The van der Waals surface area contributed by atoms with E-state index in [2.05, 4.69) is 50.3 Å². The third-order valence-electron chi connectivity index (χ3n) is 7.17. The summed E-state index contributed by atoms with van der Waals surface area (Å²) in [4.78, 5) is 0. The van der Waals surface area contributed by atoms with Crippen molar-refractivity contribution in [2.45, 2.75) is 101 Å². The van der Waals surface area contributed by atoms with Gasteiger partial charge in [-0.2, -0.15) is 12.2 Å². The minimum absolute atomic E-state index is 0. The van der Waals surface area contributed by atoms with Crippen LogP contribution in [0.3, 0.4) is 0 Å². The van der Waals surface area contributed by atoms with E-state index in [-0.39, 0.29) is 46.5 Å². The van der Waals surface area contributed by atoms with Gasteiger partial charge in [-0.1, -0.05) is 88.6 Å². The summed E-state index contributed by atoms with van der Waals surface area (Å²) in [5.74, 6) is 0. The predicted molar refractivity (Wildman–Crippen MR) is 120 cm³/mol. The van der Waals surface area contributed by atoms with Gasteiger partial charge in [-0.3, -0.25) is 12.2 Å². The summed E-state index contributed by atoms with van der Waals surface area (Å²) < 4.78 is 0. The standard InChI is InChI=1S/2C12H19Si.2ClH.Ti/c2*1-2-3-9-13(10-6-11-13)12-7-4-5-8-12;;;/h2*4,7H,2-3,5-6,9-11H2,1H3;2*1H;/q2*-1;;;+4/p-2. The van der Waals surface area contributed by atoms with Crippen LogP contribution in [0.2, 0.25) is 36.3 Å². The number of unbranched alkanes of at least 4 members (excludes halogenated alkanes) is 2. The van der Waals surface area contributed by atoms with Crippen molar-refractivity contribution in [3.8, 4) is 0 Å². The van der Waals surface area contributed by atoms with E-state index in [4.69, 9.17) is 0 Å². The largest absolute Gasteiger partial charge is 4.00 e. The van der Waals surface area contributed by atoms with E-state index < -0.39 is 16.1 Å². The summed E-state index contributed by atoms with van der Waals surface area (Å²) in [7, 11) is -1.82. The quantitative estimate of drug-likeness (QED) is 0.351. The summed E-state index contributed by atoms with van der Waals surface area (Å²) in [5, 5.41) is 3.35. The molecule has 0 nitrogen and oxygen atoms in total. The first kappa shape index (κ1) is 29.7. The smallest absolute Gasteiger partial charge is 1.00 e. The van der Waals surface area contributed by atoms with Crippen LogP contribution in [0.4, 0.5) is 0 Å². The first-order valence-corrected chi connectivity index (χ1v) is 16.5. The Labute approximate surface area is 209 Å². The number of hydrogen-bond donors (Lipinski definition) is 0. The van der Waals surface area contributed by atoms with Crippen molar-refractivity contribution in [1.82, 2.24) is 0 Å². The van der Waals surface area contributed by atoms with Gasteiger partial charge in [0.2, 0.25) is 0 Å². The molecule has 0 spiro atoms. The van der Waals surface area contributed by atoms with Crippen LogP contribution in [0.15, 0.2) is 34.7 Å². The molecular weight excluding hydrogens is 463 g/mol. The molecule has 0 aromatic rings. The third-order valence-corrected chi connectivity index (χ3v) is 18.0. The van der Waals surface area contributed by atoms with Crippen LogP contribution < -0.4 is 24.8 Å². The summed E-state index contributed by atoms with van der Waals surface area (Å²) in [5.41, 5.74) is 0. The van der Waals surface area contributed by atoms with Gasteiger partial charge in [-0.15, -0.1) is 12.8 Å². The van der Waals surface area contributed by atoms with Crippen molar-refractivity contribution in [2.75, 3.05) is 0 Å². The normalized spacial score (nSPS) is 21.7. The van der Waals surface area contributed by atoms with Crippen molar-refractivity contribution < 1.29 is 46.5 Å². The summed E-state index contributed by atoms with van der Waals surface area (Å²) in [6.07, 6.45) is 27.3. The molecule has 2 saturated heterocycles. The molecule has 0 aromatic carbocycles. The number of hydrogen-bond acceptors (Lipinski definition) is 0. The van der Waals surface area contributed by atoms with Gasteiger partial charge in [-0.05, 0) is 0 Å². The van der Waals surface area contributed by atoms with Gasteiger partial charge in [0.05, 0.1) is 0 Å². The molecule has 0 bridgehead atoms. The zero-order valence-electron chi connectivity index (χ0n) is 18.5. The van der Waals surface area contributed by atoms with Gasteiger partial charge in [0.1, 0.15) is 0 Å². The number of allylic oxidation sites excluding steroid dienone is 8. The third kappa shape index (κ3) is 7.36. The Bertz CT molecular complexity index is 536. The molecule has 0 atom stereocenters. The van der Waals surface area contributed by atoms with E-state index in [9.17, 15) is 0 Å². The molecule has 2 aliphatic carbocycles. The van der Waals surface area contributed by atoms with Crippen LogP contribution in [0.5, 0.6) is 0 Å². The van der Waals surface area contributed by atoms with Gasteiger partial charge in [-0.25, -0.2) is 22.5 Å². The SMILES string of the molecule is CCCC[Si]1(C2=[C-]CC=C2)CCC1.CCCC[Si]1(C2=[C-]CC=C2)CCC1.[Cl-].[Cl-].[Ti+4]. The summed E-state index contributed by atoms with van der Waals surface area (Å²) in [6.45, 7) is 4.62. The van der Waals surface area contributed by atoms with Gasteiger partial charge >= 0.3 is 21.7 Å². The molecule has 0 amide bonds. The van der Waals surface area contributed by atoms with E-state index in [0.29, 0.717) is 0 Å². The van der Waals surface area contributed by atoms with E-state index >= 15 is 0 Å². The second kappa shape index (κ2) is 14.7. The molecule has 29 heavy (non-hydrogen) atoms. The molecule has 0 saturated carbocycles. The van der Waals surface area contributed by atoms with Crippen LogP contribution in [0, 0.1) is 12.2 Å².